The number of hydrogen-bond acceptors (Lipinski definition) is 6. The molecule has 0 spiro atoms. The van der Waals surface area contributed by atoms with Gasteiger partial charge in [-0.2, -0.15) is 4.98 Å². The lowest BCUT2D eigenvalue weighted by Crippen LogP contribution is -2.45. The van der Waals surface area contributed by atoms with E-state index in [0.29, 0.717) is 11.1 Å². The van der Waals surface area contributed by atoms with Gasteiger partial charge < -0.3 is 15.1 Å². The van der Waals surface area contributed by atoms with E-state index in [4.69, 9.17) is 16.6 Å². The number of rotatable bonds is 4. The van der Waals surface area contributed by atoms with Gasteiger partial charge in [-0.1, -0.05) is 25.4 Å². The molecule has 0 atom stereocenters. The average Bonchev–Trinajstić information content (AvgIpc) is 2.53. The monoisotopic (exact) mass is 334 g/mol. The molecule has 0 radical (unpaired) electrons. The molecule has 2 aromatic rings. The summed E-state index contributed by atoms with van der Waals surface area (Å²) >= 11 is 6.05. The first kappa shape index (κ1) is 16.2. The van der Waals surface area contributed by atoms with E-state index in [1.54, 1.807) is 6.20 Å². The van der Waals surface area contributed by atoms with Gasteiger partial charge in [0.15, 0.2) is 0 Å². The molecule has 0 amide bonds. The molecule has 0 unspecified atom stereocenters. The Morgan fingerprint density at radius 1 is 1.22 bits per heavy atom. The van der Waals surface area contributed by atoms with Gasteiger partial charge in [0.25, 0.3) is 0 Å². The molecule has 0 aromatic carbocycles. The zero-order valence-corrected chi connectivity index (χ0v) is 14.6. The van der Waals surface area contributed by atoms with Crippen LogP contribution in [-0.4, -0.2) is 59.6 Å². The summed E-state index contributed by atoms with van der Waals surface area (Å²) in [6.45, 7) is 9.12. The molecule has 2 aromatic heterocycles. The highest BCUT2D eigenvalue weighted by molar-refractivity contribution is 6.30. The van der Waals surface area contributed by atoms with E-state index in [0.717, 1.165) is 55.4 Å². The zero-order chi connectivity index (χ0) is 16.4. The van der Waals surface area contributed by atoms with Gasteiger partial charge >= 0.3 is 0 Å². The van der Waals surface area contributed by atoms with Crippen LogP contribution in [-0.2, 0) is 0 Å². The number of piperazine rings is 1. The van der Waals surface area contributed by atoms with Crippen molar-refractivity contribution in [3.63, 3.8) is 0 Å². The van der Waals surface area contributed by atoms with E-state index in [1.807, 2.05) is 6.07 Å². The van der Waals surface area contributed by atoms with Crippen LogP contribution in [0, 0.1) is 5.92 Å². The van der Waals surface area contributed by atoms with E-state index in [9.17, 15) is 0 Å². The fourth-order valence-electron chi connectivity index (χ4n) is 2.58. The van der Waals surface area contributed by atoms with Crippen molar-refractivity contribution >= 4 is 34.3 Å². The summed E-state index contributed by atoms with van der Waals surface area (Å²) < 4.78 is 0. The van der Waals surface area contributed by atoms with Gasteiger partial charge in [-0.25, -0.2) is 9.97 Å². The van der Waals surface area contributed by atoms with Crippen molar-refractivity contribution in [1.29, 1.82) is 0 Å². The van der Waals surface area contributed by atoms with Crippen LogP contribution in [0.2, 0.25) is 5.15 Å². The normalized spacial score (nSPS) is 16.3. The summed E-state index contributed by atoms with van der Waals surface area (Å²) in [5.41, 5.74) is 0.824. The number of likely N-dealkylation sites (N-methyl/N-ethyl adjacent to an activating group) is 1. The van der Waals surface area contributed by atoms with Crippen molar-refractivity contribution in [3.05, 3.63) is 17.4 Å². The molecule has 1 fully saturated rings. The average molecular weight is 335 g/mol. The van der Waals surface area contributed by atoms with Gasteiger partial charge in [0, 0.05) is 38.1 Å². The summed E-state index contributed by atoms with van der Waals surface area (Å²) in [5.74, 6) is 2.13. The van der Waals surface area contributed by atoms with Crippen LogP contribution in [0.5, 0.6) is 0 Å². The molecule has 1 aliphatic heterocycles. The summed E-state index contributed by atoms with van der Waals surface area (Å²) in [6.07, 6.45) is 1.72. The highest BCUT2D eigenvalue weighted by Crippen LogP contribution is 2.25. The number of hydrogen-bond donors (Lipinski definition) is 1. The molecule has 23 heavy (non-hydrogen) atoms. The predicted octanol–water partition coefficient (Wildman–Crippen LogP) is 2.50. The standard InChI is InChI=1S/C16H23ClN6/c1-11(2)9-19-15-12-8-14(17)18-10-13(12)20-16(21-15)23-6-4-22(3)5-7-23/h8,10-11H,4-7,9H2,1-3H3,(H,19,20,21). The minimum absolute atomic E-state index is 0.459. The van der Waals surface area contributed by atoms with Crippen LogP contribution in [0.3, 0.4) is 0 Å². The number of pyridine rings is 1. The molecular weight excluding hydrogens is 312 g/mol. The zero-order valence-electron chi connectivity index (χ0n) is 13.9. The molecule has 6 nitrogen and oxygen atoms in total. The third-order valence-electron chi connectivity index (χ3n) is 4.00. The summed E-state index contributed by atoms with van der Waals surface area (Å²) in [4.78, 5) is 18.2. The van der Waals surface area contributed by atoms with Gasteiger partial charge in [0.1, 0.15) is 11.0 Å². The van der Waals surface area contributed by atoms with Crippen LogP contribution in [0.4, 0.5) is 11.8 Å². The SMILES string of the molecule is CC(C)CNc1nc(N2CCN(C)CC2)nc2cnc(Cl)cc12. The van der Waals surface area contributed by atoms with Crippen LogP contribution in [0.1, 0.15) is 13.8 Å². The molecule has 1 saturated heterocycles. The smallest absolute Gasteiger partial charge is 0.228 e. The Morgan fingerprint density at radius 2 is 1.96 bits per heavy atom. The molecule has 124 valence electrons. The van der Waals surface area contributed by atoms with Gasteiger partial charge in [-0.3, -0.25) is 0 Å². The van der Waals surface area contributed by atoms with Crippen molar-refractivity contribution in [2.45, 2.75) is 13.8 Å². The first-order valence-electron chi connectivity index (χ1n) is 8.03. The molecule has 0 aliphatic carbocycles. The minimum atomic E-state index is 0.459. The Morgan fingerprint density at radius 3 is 2.65 bits per heavy atom. The van der Waals surface area contributed by atoms with Crippen molar-refractivity contribution in [3.8, 4) is 0 Å². The second kappa shape index (κ2) is 6.84. The quantitative estimate of drug-likeness (QED) is 0.867. The lowest BCUT2D eigenvalue weighted by Gasteiger charge is -2.32. The highest BCUT2D eigenvalue weighted by atomic mass is 35.5. The Bertz CT molecular complexity index is 682. The van der Waals surface area contributed by atoms with E-state index >= 15 is 0 Å². The van der Waals surface area contributed by atoms with E-state index in [2.05, 4.69) is 46.0 Å². The van der Waals surface area contributed by atoms with Crippen LogP contribution in [0.25, 0.3) is 10.9 Å². The topological polar surface area (TPSA) is 57.2 Å². The van der Waals surface area contributed by atoms with Crippen LogP contribution < -0.4 is 10.2 Å². The number of nitrogens with zero attached hydrogens (tertiary/aromatic N) is 5. The molecule has 7 heteroatoms. The molecule has 1 N–H and O–H groups in total. The lowest BCUT2D eigenvalue weighted by atomic mass is 10.2. The van der Waals surface area contributed by atoms with Gasteiger partial charge in [0.05, 0.1) is 11.7 Å². The van der Waals surface area contributed by atoms with Gasteiger partial charge in [-0.15, -0.1) is 0 Å². The van der Waals surface area contributed by atoms with Gasteiger partial charge in [0.2, 0.25) is 5.95 Å². The molecular formula is C16H23ClN6. The number of anilines is 2. The van der Waals surface area contributed by atoms with Crippen molar-refractivity contribution in [1.82, 2.24) is 19.9 Å². The maximum Gasteiger partial charge on any atom is 0.228 e. The molecule has 0 bridgehead atoms. The number of halogens is 1. The maximum atomic E-state index is 6.05. The summed E-state index contributed by atoms with van der Waals surface area (Å²) in [5, 5.41) is 4.81. The largest absolute Gasteiger partial charge is 0.369 e. The Labute approximate surface area is 141 Å². The molecule has 1 aliphatic rings. The molecule has 3 heterocycles. The fourth-order valence-corrected chi connectivity index (χ4v) is 2.74. The van der Waals surface area contributed by atoms with Gasteiger partial charge in [-0.05, 0) is 19.0 Å². The Kier molecular flexibility index (Phi) is 4.82. The second-order valence-electron chi connectivity index (χ2n) is 6.46. The minimum Gasteiger partial charge on any atom is -0.369 e. The van der Waals surface area contributed by atoms with Crippen LogP contribution in [0.15, 0.2) is 12.3 Å². The van der Waals surface area contributed by atoms with Crippen molar-refractivity contribution < 1.29 is 0 Å². The number of aromatic nitrogens is 3. The summed E-state index contributed by atoms with van der Waals surface area (Å²) in [6, 6.07) is 1.83. The first-order valence-corrected chi connectivity index (χ1v) is 8.41. The maximum absolute atomic E-state index is 6.05. The van der Waals surface area contributed by atoms with Crippen molar-refractivity contribution in [2.75, 3.05) is 50.0 Å². The third-order valence-corrected chi connectivity index (χ3v) is 4.21. The first-order chi connectivity index (χ1) is 11.0. The third kappa shape index (κ3) is 3.82. The molecule has 0 saturated carbocycles. The van der Waals surface area contributed by atoms with E-state index in [1.165, 1.54) is 0 Å². The predicted molar refractivity (Wildman–Crippen MR) is 95.4 cm³/mol. The lowest BCUT2D eigenvalue weighted by molar-refractivity contribution is 0.311. The van der Waals surface area contributed by atoms with Crippen molar-refractivity contribution in [2.24, 2.45) is 5.92 Å². The Hall–Kier alpha value is -1.66. The number of nitrogens with one attached hydrogen (secondary N) is 1. The summed E-state index contributed by atoms with van der Waals surface area (Å²) in [7, 11) is 2.14. The highest BCUT2D eigenvalue weighted by Gasteiger charge is 2.18. The Balaban J connectivity index is 1.97. The molecule has 3 rings (SSSR count). The van der Waals surface area contributed by atoms with E-state index < -0.39 is 0 Å². The second-order valence-corrected chi connectivity index (χ2v) is 6.85. The number of fused-ring (bicyclic) bond motifs is 1. The van der Waals surface area contributed by atoms with E-state index in [-0.39, 0.29) is 0 Å². The fraction of sp³-hybridized carbons (Fsp3) is 0.562. The van der Waals surface area contributed by atoms with Crippen LogP contribution >= 0.6 is 11.6 Å².